The van der Waals surface area contributed by atoms with Gasteiger partial charge >= 0.3 is 0 Å². The van der Waals surface area contributed by atoms with Crippen molar-refractivity contribution in [3.63, 3.8) is 0 Å². The predicted octanol–water partition coefficient (Wildman–Crippen LogP) is 2.12. The van der Waals surface area contributed by atoms with Gasteiger partial charge in [-0.2, -0.15) is 0 Å². The van der Waals surface area contributed by atoms with Gasteiger partial charge in [-0.1, -0.05) is 13.8 Å². The van der Waals surface area contributed by atoms with E-state index < -0.39 is 6.10 Å². The monoisotopic (exact) mass is 283 g/mol. The first kappa shape index (κ1) is 16.4. The zero-order valence-electron chi connectivity index (χ0n) is 11.9. The highest BCUT2D eigenvalue weighted by Gasteiger charge is 2.08. The van der Waals surface area contributed by atoms with E-state index in [0.29, 0.717) is 18.1 Å². The number of ether oxygens (including phenoxy) is 1. The summed E-state index contributed by atoms with van der Waals surface area (Å²) in [7, 11) is 0. The minimum Gasteiger partial charge on any atom is -0.491 e. The summed E-state index contributed by atoms with van der Waals surface area (Å²) in [6, 6.07) is 5.55. The Bertz CT molecular complexity index is 406. The van der Waals surface area contributed by atoms with Gasteiger partial charge in [0, 0.05) is 13.0 Å². The number of amides is 1. The second kappa shape index (κ2) is 8.53. The molecule has 1 unspecified atom stereocenters. The Labute approximate surface area is 119 Å². The Morgan fingerprint density at radius 3 is 2.60 bits per heavy atom. The number of nitrogens with one attached hydrogen (secondary N) is 1. The highest BCUT2D eigenvalue weighted by Crippen LogP contribution is 2.11. The molecule has 1 rings (SSSR count). The van der Waals surface area contributed by atoms with Gasteiger partial charge in [0.1, 0.15) is 24.3 Å². The van der Waals surface area contributed by atoms with Crippen molar-refractivity contribution in [2.45, 2.75) is 32.8 Å². The molecule has 1 aromatic rings. The molecule has 5 heteroatoms. The number of hydrogen-bond acceptors (Lipinski definition) is 3. The van der Waals surface area contributed by atoms with E-state index in [4.69, 9.17) is 4.74 Å². The summed E-state index contributed by atoms with van der Waals surface area (Å²) in [6.45, 7) is 4.31. The lowest BCUT2D eigenvalue weighted by atomic mass is 10.1. The molecule has 0 aliphatic heterocycles. The first-order valence-corrected chi connectivity index (χ1v) is 6.80. The van der Waals surface area contributed by atoms with E-state index in [1.807, 2.05) is 0 Å². The van der Waals surface area contributed by atoms with Gasteiger partial charge in [0.25, 0.3) is 0 Å². The molecule has 0 aliphatic rings. The van der Waals surface area contributed by atoms with Crippen molar-refractivity contribution in [2.24, 2.45) is 5.92 Å². The molecule has 0 aromatic heterocycles. The molecule has 0 spiro atoms. The number of benzene rings is 1. The van der Waals surface area contributed by atoms with Crippen LogP contribution in [0.2, 0.25) is 0 Å². The number of hydrogen-bond donors (Lipinski definition) is 2. The van der Waals surface area contributed by atoms with E-state index in [0.717, 1.165) is 6.42 Å². The highest BCUT2D eigenvalue weighted by atomic mass is 19.1. The molecule has 0 bridgehead atoms. The van der Waals surface area contributed by atoms with E-state index in [2.05, 4.69) is 19.2 Å². The Hall–Kier alpha value is -1.62. The number of carbonyl (C=O) groups excluding carboxylic acids is 1. The molecule has 112 valence electrons. The zero-order valence-corrected chi connectivity index (χ0v) is 11.9. The van der Waals surface area contributed by atoms with E-state index in [9.17, 15) is 14.3 Å². The van der Waals surface area contributed by atoms with Crippen LogP contribution in [0, 0.1) is 11.7 Å². The molecule has 1 amide bonds. The summed E-state index contributed by atoms with van der Waals surface area (Å²) < 4.78 is 18.0. The van der Waals surface area contributed by atoms with Crippen molar-refractivity contribution in [2.75, 3.05) is 13.2 Å². The van der Waals surface area contributed by atoms with Crippen LogP contribution in [0.4, 0.5) is 4.39 Å². The number of aliphatic hydroxyl groups excluding tert-OH is 1. The number of aliphatic hydroxyl groups is 1. The van der Waals surface area contributed by atoms with Gasteiger partial charge in [0.05, 0.1) is 0 Å². The lowest BCUT2D eigenvalue weighted by Crippen LogP contribution is -2.35. The van der Waals surface area contributed by atoms with Crippen molar-refractivity contribution in [3.05, 3.63) is 30.1 Å². The molecule has 2 N–H and O–H groups in total. The van der Waals surface area contributed by atoms with E-state index in [-0.39, 0.29) is 24.9 Å². The lowest BCUT2D eigenvalue weighted by Gasteiger charge is -2.13. The summed E-state index contributed by atoms with van der Waals surface area (Å²) in [5.74, 6) is 0.555. The maximum atomic E-state index is 12.7. The van der Waals surface area contributed by atoms with E-state index in [1.54, 1.807) is 0 Å². The summed E-state index contributed by atoms with van der Waals surface area (Å²) in [4.78, 5) is 11.5. The third-order valence-corrected chi connectivity index (χ3v) is 2.74. The van der Waals surface area contributed by atoms with Crippen molar-refractivity contribution < 1.29 is 19.0 Å². The highest BCUT2D eigenvalue weighted by molar-refractivity contribution is 5.75. The van der Waals surface area contributed by atoms with Crippen LogP contribution in [0.15, 0.2) is 24.3 Å². The van der Waals surface area contributed by atoms with Crippen LogP contribution in [0.5, 0.6) is 5.75 Å². The fraction of sp³-hybridized carbons (Fsp3) is 0.533. The number of carbonyl (C=O) groups is 1. The fourth-order valence-corrected chi connectivity index (χ4v) is 1.52. The third kappa shape index (κ3) is 7.09. The molecule has 0 saturated heterocycles. The SMILES string of the molecule is CC(C)CCC(=O)NCC(O)COc1ccc(F)cc1. The summed E-state index contributed by atoms with van der Waals surface area (Å²) in [5, 5.41) is 12.3. The summed E-state index contributed by atoms with van der Waals surface area (Å²) in [5.41, 5.74) is 0. The Kier molecular flexibility index (Phi) is 7.01. The average Bonchev–Trinajstić information content (AvgIpc) is 2.42. The van der Waals surface area contributed by atoms with E-state index >= 15 is 0 Å². The quantitative estimate of drug-likeness (QED) is 0.768. The maximum Gasteiger partial charge on any atom is 0.220 e. The minimum absolute atomic E-state index is 0.0517. The second-order valence-corrected chi connectivity index (χ2v) is 5.16. The molecule has 0 heterocycles. The molecule has 0 radical (unpaired) electrons. The van der Waals surface area contributed by atoms with Crippen molar-refractivity contribution >= 4 is 5.91 Å². The first-order valence-electron chi connectivity index (χ1n) is 6.80. The summed E-state index contributed by atoms with van der Waals surface area (Å²) >= 11 is 0. The van der Waals surface area contributed by atoms with Crippen LogP contribution in [-0.4, -0.2) is 30.3 Å². The van der Waals surface area contributed by atoms with Crippen molar-refractivity contribution in [1.29, 1.82) is 0 Å². The Balaban J connectivity index is 2.18. The van der Waals surface area contributed by atoms with Crippen LogP contribution < -0.4 is 10.1 Å². The van der Waals surface area contributed by atoms with Crippen LogP contribution in [0.1, 0.15) is 26.7 Å². The Morgan fingerprint density at radius 1 is 1.35 bits per heavy atom. The standard InChI is InChI=1S/C15H22FNO3/c1-11(2)3-8-15(19)17-9-13(18)10-20-14-6-4-12(16)5-7-14/h4-7,11,13,18H,3,8-10H2,1-2H3,(H,17,19). The van der Waals surface area contributed by atoms with Crippen LogP contribution in [0.25, 0.3) is 0 Å². The molecule has 0 aliphatic carbocycles. The normalized spacial score (nSPS) is 12.2. The van der Waals surface area contributed by atoms with Crippen LogP contribution in [-0.2, 0) is 4.79 Å². The van der Waals surface area contributed by atoms with Gasteiger partial charge in [-0.05, 0) is 36.6 Å². The molecule has 4 nitrogen and oxygen atoms in total. The van der Waals surface area contributed by atoms with Crippen LogP contribution in [0.3, 0.4) is 0 Å². The maximum absolute atomic E-state index is 12.7. The van der Waals surface area contributed by atoms with Gasteiger partial charge in [-0.25, -0.2) is 4.39 Å². The number of rotatable bonds is 8. The van der Waals surface area contributed by atoms with E-state index in [1.165, 1.54) is 24.3 Å². The van der Waals surface area contributed by atoms with Crippen LogP contribution >= 0.6 is 0 Å². The fourth-order valence-electron chi connectivity index (χ4n) is 1.52. The smallest absolute Gasteiger partial charge is 0.220 e. The minimum atomic E-state index is -0.789. The van der Waals surface area contributed by atoms with Gasteiger partial charge in [-0.3, -0.25) is 4.79 Å². The zero-order chi connectivity index (χ0) is 15.0. The summed E-state index contributed by atoms with van der Waals surface area (Å²) in [6.07, 6.45) is 0.500. The van der Waals surface area contributed by atoms with Crippen molar-refractivity contribution in [1.82, 2.24) is 5.32 Å². The Morgan fingerprint density at radius 2 is 2.00 bits per heavy atom. The lowest BCUT2D eigenvalue weighted by molar-refractivity contribution is -0.121. The first-order chi connectivity index (χ1) is 9.47. The number of halogens is 1. The topological polar surface area (TPSA) is 58.6 Å². The predicted molar refractivity (Wildman–Crippen MR) is 75.0 cm³/mol. The molecular formula is C15H22FNO3. The molecule has 20 heavy (non-hydrogen) atoms. The molecular weight excluding hydrogens is 261 g/mol. The molecule has 0 fully saturated rings. The van der Waals surface area contributed by atoms with Gasteiger partial charge in [0.2, 0.25) is 5.91 Å². The largest absolute Gasteiger partial charge is 0.491 e. The third-order valence-electron chi connectivity index (χ3n) is 2.74. The molecule has 0 saturated carbocycles. The van der Waals surface area contributed by atoms with Crippen molar-refractivity contribution in [3.8, 4) is 5.75 Å². The molecule has 1 atom stereocenters. The van der Waals surface area contributed by atoms with Gasteiger partial charge in [0.15, 0.2) is 0 Å². The van der Waals surface area contributed by atoms with Gasteiger partial charge in [-0.15, -0.1) is 0 Å². The second-order valence-electron chi connectivity index (χ2n) is 5.16. The molecule has 1 aromatic carbocycles. The van der Waals surface area contributed by atoms with Gasteiger partial charge < -0.3 is 15.2 Å². The average molecular weight is 283 g/mol.